The minimum Gasteiger partial charge on any atom is -0.321 e. The molecule has 1 unspecified atom stereocenters. The van der Waals surface area contributed by atoms with E-state index in [9.17, 15) is 0 Å². The Labute approximate surface area is 105 Å². The molecule has 0 aromatic heterocycles. The maximum Gasteiger partial charge on any atom is 0.0509 e. The molecule has 1 atom stereocenters. The van der Waals surface area contributed by atoms with Gasteiger partial charge in [-0.25, -0.2) is 0 Å². The van der Waals surface area contributed by atoms with E-state index in [1.807, 2.05) is 6.07 Å². The summed E-state index contributed by atoms with van der Waals surface area (Å²) in [5.41, 5.74) is 7.89. The first kappa shape index (κ1) is 12.6. The quantitative estimate of drug-likeness (QED) is 0.868. The maximum atomic E-state index is 6.46. The van der Waals surface area contributed by atoms with E-state index in [1.165, 1.54) is 18.5 Å². The Morgan fingerprint density at radius 3 is 2.47 bits per heavy atom. The molecule has 17 heavy (non-hydrogen) atoms. The van der Waals surface area contributed by atoms with Gasteiger partial charge < -0.3 is 10.6 Å². The van der Waals surface area contributed by atoms with Crippen molar-refractivity contribution in [1.29, 1.82) is 0 Å². The van der Waals surface area contributed by atoms with E-state index < -0.39 is 0 Å². The first-order chi connectivity index (χ1) is 7.89. The van der Waals surface area contributed by atoms with Gasteiger partial charge in [0.1, 0.15) is 0 Å². The summed E-state index contributed by atoms with van der Waals surface area (Å²) >= 11 is 0. The van der Waals surface area contributed by atoms with Crippen molar-refractivity contribution >= 4 is 0 Å². The zero-order chi connectivity index (χ0) is 12.5. The van der Waals surface area contributed by atoms with E-state index in [2.05, 4.69) is 49.9 Å². The van der Waals surface area contributed by atoms with Crippen molar-refractivity contribution in [2.75, 3.05) is 19.6 Å². The first-order valence-corrected chi connectivity index (χ1v) is 6.46. The molecule has 2 rings (SSSR count). The smallest absolute Gasteiger partial charge is 0.0509 e. The Kier molecular flexibility index (Phi) is 3.28. The van der Waals surface area contributed by atoms with Crippen LogP contribution in [-0.2, 0) is 5.54 Å². The molecule has 1 aromatic rings. The van der Waals surface area contributed by atoms with E-state index in [0.29, 0.717) is 5.41 Å². The molecule has 0 aliphatic carbocycles. The maximum absolute atomic E-state index is 6.46. The minimum atomic E-state index is -0.248. The lowest BCUT2D eigenvalue weighted by Crippen LogP contribution is -2.45. The standard InChI is InChI=1S/C15H24N2/c1-14(2)9-10-17(11-14)12-15(3,16)13-7-5-4-6-8-13/h4-8H,9-12,16H2,1-3H3. The highest BCUT2D eigenvalue weighted by atomic mass is 15.2. The molecular weight excluding hydrogens is 208 g/mol. The fraction of sp³-hybridized carbons (Fsp3) is 0.600. The summed E-state index contributed by atoms with van der Waals surface area (Å²) in [4.78, 5) is 2.49. The van der Waals surface area contributed by atoms with Gasteiger partial charge in [0.25, 0.3) is 0 Å². The van der Waals surface area contributed by atoms with Crippen LogP contribution in [-0.4, -0.2) is 24.5 Å². The monoisotopic (exact) mass is 232 g/mol. The topological polar surface area (TPSA) is 29.3 Å². The molecule has 0 bridgehead atoms. The second-order valence-electron chi connectivity index (χ2n) is 6.41. The number of nitrogens with two attached hydrogens (primary N) is 1. The van der Waals surface area contributed by atoms with Crippen LogP contribution in [0.5, 0.6) is 0 Å². The van der Waals surface area contributed by atoms with Crippen molar-refractivity contribution in [3.63, 3.8) is 0 Å². The Bertz CT molecular complexity index is 368. The number of benzene rings is 1. The number of nitrogens with zero attached hydrogens (tertiary/aromatic N) is 1. The Hall–Kier alpha value is -0.860. The molecule has 94 valence electrons. The van der Waals surface area contributed by atoms with E-state index in [1.54, 1.807) is 0 Å². The number of hydrogen-bond acceptors (Lipinski definition) is 2. The summed E-state index contributed by atoms with van der Waals surface area (Å²) in [7, 11) is 0. The highest BCUT2D eigenvalue weighted by Crippen LogP contribution is 2.30. The van der Waals surface area contributed by atoms with Crippen molar-refractivity contribution in [1.82, 2.24) is 4.90 Å². The summed E-state index contributed by atoms with van der Waals surface area (Å²) in [6, 6.07) is 10.4. The summed E-state index contributed by atoms with van der Waals surface area (Å²) in [6.07, 6.45) is 1.28. The molecule has 1 aromatic carbocycles. The molecular formula is C15H24N2. The third-order valence-electron chi connectivity index (χ3n) is 3.74. The van der Waals surface area contributed by atoms with Gasteiger partial charge in [-0.3, -0.25) is 0 Å². The summed E-state index contributed by atoms with van der Waals surface area (Å²) in [5, 5.41) is 0. The molecule has 0 saturated carbocycles. The van der Waals surface area contributed by atoms with E-state index >= 15 is 0 Å². The van der Waals surface area contributed by atoms with Gasteiger partial charge in [0.05, 0.1) is 5.54 Å². The fourth-order valence-corrected chi connectivity index (χ4v) is 2.73. The largest absolute Gasteiger partial charge is 0.321 e. The highest BCUT2D eigenvalue weighted by molar-refractivity contribution is 5.23. The van der Waals surface area contributed by atoms with Gasteiger partial charge in [-0.1, -0.05) is 44.2 Å². The average Bonchev–Trinajstić information content (AvgIpc) is 2.58. The van der Waals surface area contributed by atoms with Crippen molar-refractivity contribution in [2.45, 2.75) is 32.7 Å². The Morgan fingerprint density at radius 2 is 1.94 bits per heavy atom. The van der Waals surface area contributed by atoms with Crippen molar-refractivity contribution in [2.24, 2.45) is 11.1 Å². The van der Waals surface area contributed by atoms with Crippen LogP contribution in [0.4, 0.5) is 0 Å². The number of rotatable bonds is 3. The summed E-state index contributed by atoms with van der Waals surface area (Å²) < 4.78 is 0. The van der Waals surface area contributed by atoms with E-state index in [0.717, 1.165) is 13.1 Å². The average molecular weight is 232 g/mol. The van der Waals surface area contributed by atoms with Crippen LogP contribution >= 0.6 is 0 Å². The van der Waals surface area contributed by atoms with Gasteiger partial charge in [0, 0.05) is 13.1 Å². The van der Waals surface area contributed by atoms with Crippen LogP contribution in [0.2, 0.25) is 0 Å². The van der Waals surface area contributed by atoms with Crippen LogP contribution in [0, 0.1) is 5.41 Å². The van der Waals surface area contributed by atoms with Gasteiger partial charge in [0.2, 0.25) is 0 Å². The lowest BCUT2D eigenvalue weighted by Gasteiger charge is -2.31. The van der Waals surface area contributed by atoms with Crippen LogP contribution < -0.4 is 5.73 Å². The van der Waals surface area contributed by atoms with Gasteiger partial charge in [-0.2, -0.15) is 0 Å². The normalized spacial score (nSPS) is 23.5. The minimum absolute atomic E-state index is 0.248. The van der Waals surface area contributed by atoms with Crippen LogP contribution in [0.15, 0.2) is 30.3 Å². The van der Waals surface area contributed by atoms with E-state index in [4.69, 9.17) is 5.73 Å². The molecule has 0 spiro atoms. The Morgan fingerprint density at radius 1 is 1.29 bits per heavy atom. The predicted octanol–water partition coefficient (Wildman–Crippen LogP) is 2.59. The third kappa shape index (κ3) is 3.08. The molecule has 2 N–H and O–H groups in total. The second-order valence-corrected chi connectivity index (χ2v) is 6.41. The molecule has 1 aliphatic heterocycles. The van der Waals surface area contributed by atoms with Crippen LogP contribution in [0.3, 0.4) is 0 Å². The zero-order valence-electron chi connectivity index (χ0n) is 11.2. The Balaban J connectivity index is 2.04. The van der Waals surface area contributed by atoms with Crippen molar-refractivity contribution in [3.05, 3.63) is 35.9 Å². The highest BCUT2D eigenvalue weighted by Gasteiger charge is 2.33. The lowest BCUT2D eigenvalue weighted by molar-refractivity contribution is 0.236. The summed E-state index contributed by atoms with van der Waals surface area (Å²) in [6.45, 7) is 10.1. The van der Waals surface area contributed by atoms with E-state index in [-0.39, 0.29) is 5.54 Å². The molecule has 0 radical (unpaired) electrons. The van der Waals surface area contributed by atoms with Gasteiger partial charge in [-0.15, -0.1) is 0 Å². The predicted molar refractivity (Wildman–Crippen MR) is 72.8 cm³/mol. The SMILES string of the molecule is CC1(C)CCN(CC(C)(N)c2ccccc2)C1. The van der Waals surface area contributed by atoms with Crippen molar-refractivity contribution in [3.8, 4) is 0 Å². The molecule has 0 amide bonds. The van der Waals surface area contributed by atoms with Crippen molar-refractivity contribution < 1.29 is 0 Å². The second kappa shape index (κ2) is 4.43. The third-order valence-corrected chi connectivity index (χ3v) is 3.74. The fourth-order valence-electron chi connectivity index (χ4n) is 2.73. The molecule has 2 nitrogen and oxygen atoms in total. The first-order valence-electron chi connectivity index (χ1n) is 6.46. The number of hydrogen-bond donors (Lipinski definition) is 1. The van der Waals surface area contributed by atoms with Gasteiger partial charge in [0.15, 0.2) is 0 Å². The molecule has 1 aliphatic rings. The number of likely N-dealkylation sites (tertiary alicyclic amines) is 1. The molecule has 1 heterocycles. The lowest BCUT2D eigenvalue weighted by atomic mass is 9.91. The molecule has 2 heteroatoms. The van der Waals surface area contributed by atoms with Gasteiger partial charge >= 0.3 is 0 Å². The van der Waals surface area contributed by atoms with Crippen LogP contribution in [0.1, 0.15) is 32.8 Å². The zero-order valence-corrected chi connectivity index (χ0v) is 11.2. The van der Waals surface area contributed by atoms with Crippen LogP contribution in [0.25, 0.3) is 0 Å². The summed E-state index contributed by atoms with van der Waals surface area (Å²) in [5.74, 6) is 0. The molecule has 1 saturated heterocycles. The van der Waals surface area contributed by atoms with Gasteiger partial charge in [-0.05, 0) is 30.9 Å². The molecule has 1 fully saturated rings.